The summed E-state index contributed by atoms with van der Waals surface area (Å²) < 4.78 is 27.6. The van der Waals surface area contributed by atoms with Crippen molar-refractivity contribution in [2.45, 2.75) is 38.5 Å². The Bertz CT molecular complexity index is 1230. The SMILES string of the molecule is CC(=O)c1ccc(S(=O)(=O)N(C)CCCC(=O)Nc2nc3c(C)cc(C)cc3s2)cc1. The summed E-state index contributed by atoms with van der Waals surface area (Å²) in [5.41, 5.74) is 3.55. The fourth-order valence-electron chi connectivity index (χ4n) is 3.23. The molecule has 164 valence electrons. The number of sulfonamides is 1. The Morgan fingerprint density at radius 2 is 1.81 bits per heavy atom. The van der Waals surface area contributed by atoms with Crippen molar-refractivity contribution in [3.8, 4) is 0 Å². The molecule has 1 heterocycles. The minimum Gasteiger partial charge on any atom is -0.302 e. The van der Waals surface area contributed by atoms with E-state index in [0.717, 1.165) is 21.3 Å². The van der Waals surface area contributed by atoms with Crippen LogP contribution in [0.25, 0.3) is 10.2 Å². The lowest BCUT2D eigenvalue weighted by Gasteiger charge is -2.17. The summed E-state index contributed by atoms with van der Waals surface area (Å²) in [5, 5.41) is 3.35. The quantitative estimate of drug-likeness (QED) is 0.510. The molecular formula is C22H25N3O4S2. The van der Waals surface area contributed by atoms with E-state index in [4.69, 9.17) is 0 Å². The highest BCUT2D eigenvalue weighted by molar-refractivity contribution is 7.89. The lowest BCUT2D eigenvalue weighted by Crippen LogP contribution is -2.28. The molecule has 1 aromatic heterocycles. The molecule has 0 aliphatic rings. The normalized spacial score (nSPS) is 11.8. The van der Waals surface area contributed by atoms with Crippen LogP contribution in [0.5, 0.6) is 0 Å². The predicted octanol–water partition coefficient (Wildman–Crippen LogP) is 4.16. The topological polar surface area (TPSA) is 96.4 Å². The van der Waals surface area contributed by atoms with Crippen molar-refractivity contribution in [1.29, 1.82) is 0 Å². The molecule has 31 heavy (non-hydrogen) atoms. The van der Waals surface area contributed by atoms with Gasteiger partial charge in [0, 0.05) is 25.6 Å². The Morgan fingerprint density at radius 1 is 1.13 bits per heavy atom. The second-order valence-corrected chi connectivity index (χ2v) is 10.6. The van der Waals surface area contributed by atoms with Gasteiger partial charge in [0.2, 0.25) is 15.9 Å². The molecule has 0 saturated heterocycles. The largest absolute Gasteiger partial charge is 0.302 e. The number of nitrogens with zero attached hydrogens (tertiary/aromatic N) is 2. The Morgan fingerprint density at radius 3 is 2.45 bits per heavy atom. The van der Waals surface area contributed by atoms with Crippen molar-refractivity contribution in [3.63, 3.8) is 0 Å². The number of hydrogen-bond donors (Lipinski definition) is 1. The molecule has 0 fully saturated rings. The van der Waals surface area contributed by atoms with Gasteiger partial charge in [0.15, 0.2) is 10.9 Å². The lowest BCUT2D eigenvalue weighted by atomic mass is 10.1. The van der Waals surface area contributed by atoms with Crippen LogP contribution in [0.1, 0.15) is 41.3 Å². The summed E-state index contributed by atoms with van der Waals surface area (Å²) >= 11 is 1.42. The van der Waals surface area contributed by atoms with Crippen molar-refractivity contribution in [2.75, 3.05) is 18.9 Å². The van der Waals surface area contributed by atoms with Crippen molar-refractivity contribution >= 4 is 48.4 Å². The van der Waals surface area contributed by atoms with E-state index in [0.29, 0.717) is 17.1 Å². The fourth-order valence-corrected chi connectivity index (χ4v) is 5.50. The van der Waals surface area contributed by atoms with E-state index < -0.39 is 10.0 Å². The maximum atomic E-state index is 12.7. The van der Waals surface area contributed by atoms with Crippen LogP contribution in [0.2, 0.25) is 0 Å². The number of aromatic nitrogens is 1. The van der Waals surface area contributed by atoms with Gasteiger partial charge in [-0.05, 0) is 56.5 Å². The van der Waals surface area contributed by atoms with Gasteiger partial charge in [0.05, 0.1) is 15.1 Å². The first-order valence-corrected chi connectivity index (χ1v) is 12.1. The summed E-state index contributed by atoms with van der Waals surface area (Å²) in [6.45, 7) is 5.64. The second-order valence-electron chi connectivity index (χ2n) is 7.51. The van der Waals surface area contributed by atoms with E-state index in [1.165, 1.54) is 53.9 Å². The van der Waals surface area contributed by atoms with Crippen LogP contribution in [-0.4, -0.2) is 43.0 Å². The van der Waals surface area contributed by atoms with E-state index in [1.54, 1.807) is 0 Å². The molecule has 3 aromatic rings. The number of amides is 1. The van der Waals surface area contributed by atoms with Crippen LogP contribution in [0, 0.1) is 13.8 Å². The summed E-state index contributed by atoms with van der Waals surface area (Å²) in [5.74, 6) is -0.327. The van der Waals surface area contributed by atoms with Crippen LogP contribution >= 0.6 is 11.3 Å². The minimum atomic E-state index is -3.68. The van der Waals surface area contributed by atoms with Gasteiger partial charge in [0.1, 0.15) is 0 Å². The third-order valence-electron chi connectivity index (χ3n) is 4.92. The smallest absolute Gasteiger partial charge is 0.242 e. The number of hydrogen-bond acceptors (Lipinski definition) is 6. The molecule has 7 nitrogen and oxygen atoms in total. The molecule has 0 aliphatic heterocycles. The standard InChI is InChI=1S/C22H25N3O4S2/c1-14-12-15(2)21-19(13-14)30-22(24-21)23-20(27)6-5-11-25(4)31(28,29)18-9-7-17(8-10-18)16(3)26/h7-10,12-13H,5-6,11H2,1-4H3,(H,23,24,27). The molecule has 0 aliphatic carbocycles. The molecule has 0 saturated carbocycles. The summed E-state index contributed by atoms with van der Waals surface area (Å²) in [6.07, 6.45) is 0.549. The molecule has 3 rings (SSSR count). The number of rotatable bonds is 8. The van der Waals surface area contributed by atoms with Crippen LogP contribution in [0.4, 0.5) is 5.13 Å². The Hall–Kier alpha value is -2.62. The molecule has 0 unspecified atom stereocenters. The highest BCUT2D eigenvalue weighted by atomic mass is 32.2. The molecule has 0 bridgehead atoms. The molecule has 1 amide bonds. The van der Waals surface area contributed by atoms with Gasteiger partial charge in [-0.2, -0.15) is 0 Å². The zero-order chi connectivity index (χ0) is 22.8. The van der Waals surface area contributed by atoms with Crippen LogP contribution in [-0.2, 0) is 14.8 Å². The maximum Gasteiger partial charge on any atom is 0.242 e. The van der Waals surface area contributed by atoms with Gasteiger partial charge in [-0.25, -0.2) is 17.7 Å². The highest BCUT2D eigenvalue weighted by Gasteiger charge is 2.21. The molecule has 0 radical (unpaired) electrons. The van der Waals surface area contributed by atoms with Crippen molar-refractivity contribution < 1.29 is 18.0 Å². The minimum absolute atomic E-state index is 0.115. The zero-order valence-corrected chi connectivity index (χ0v) is 19.6. The highest BCUT2D eigenvalue weighted by Crippen LogP contribution is 2.29. The zero-order valence-electron chi connectivity index (χ0n) is 17.9. The number of thiazole rings is 1. The van der Waals surface area contributed by atoms with E-state index in [1.807, 2.05) is 19.9 Å². The number of nitrogens with one attached hydrogen (secondary N) is 1. The molecule has 2 aromatic carbocycles. The molecule has 1 N–H and O–H groups in total. The van der Waals surface area contributed by atoms with E-state index in [-0.39, 0.29) is 29.6 Å². The average molecular weight is 460 g/mol. The number of carbonyl (C=O) groups is 2. The predicted molar refractivity (Wildman–Crippen MR) is 123 cm³/mol. The number of aryl methyl sites for hydroxylation is 2. The Kier molecular flexibility index (Phi) is 6.88. The number of fused-ring (bicyclic) bond motifs is 1. The number of ketones is 1. The van der Waals surface area contributed by atoms with Gasteiger partial charge < -0.3 is 5.32 Å². The van der Waals surface area contributed by atoms with E-state index in [9.17, 15) is 18.0 Å². The van der Waals surface area contributed by atoms with Crippen LogP contribution in [0.3, 0.4) is 0 Å². The third kappa shape index (κ3) is 5.36. The van der Waals surface area contributed by atoms with Crippen LogP contribution in [0.15, 0.2) is 41.3 Å². The molecule has 9 heteroatoms. The lowest BCUT2D eigenvalue weighted by molar-refractivity contribution is -0.116. The molecular weight excluding hydrogens is 434 g/mol. The first kappa shape index (κ1) is 23.1. The van der Waals surface area contributed by atoms with Crippen LogP contribution < -0.4 is 5.32 Å². The number of Topliss-reactive ketones (excluding diaryl/α,β-unsaturated/α-hetero) is 1. The first-order valence-electron chi connectivity index (χ1n) is 9.83. The fraction of sp³-hybridized carbons (Fsp3) is 0.318. The van der Waals surface area contributed by atoms with Crippen molar-refractivity contribution in [1.82, 2.24) is 9.29 Å². The number of benzene rings is 2. The number of anilines is 1. The van der Waals surface area contributed by atoms with Gasteiger partial charge >= 0.3 is 0 Å². The summed E-state index contributed by atoms with van der Waals surface area (Å²) in [4.78, 5) is 28.3. The van der Waals surface area contributed by atoms with Crippen molar-refractivity contribution in [3.05, 3.63) is 53.1 Å². The summed E-state index contributed by atoms with van der Waals surface area (Å²) in [7, 11) is -2.21. The van der Waals surface area contributed by atoms with E-state index in [2.05, 4.69) is 16.4 Å². The second kappa shape index (κ2) is 9.25. The van der Waals surface area contributed by atoms with Gasteiger partial charge in [0.25, 0.3) is 0 Å². The van der Waals surface area contributed by atoms with Gasteiger partial charge in [-0.15, -0.1) is 0 Å². The van der Waals surface area contributed by atoms with Gasteiger partial charge in [-0.1, -0.05) is 29.5 Å². The Labute approximate surface area is 186 Å². The molecule has 0 atom stereocenters. The van der Waals surface area contributed by atoms with Gasteiger partial charge in [-0.3, -0.25) is 9.59 Å². The maximum absolute atomic E-state index is 12.7. The molecule has 0 spiro atoms. The average Bonchev–Trinajstić information content (AvgIpc) is 3.10. The number of carbonyl (C=O) groups excluding carboxylic acids is 2. The van der Waals surface area contributed by atoms with Crippen molar-refractivity contribution in [2.24, 2.45) is 0 Å². The Balaban J connectivity index is 1.56. The summed E-state index contributed by atoms with van der Waals surface area (Å²) in [6, 6.07) is 9.93. The third-order valence-corrected chi connectivity index (χ3v) is 7.71. The van der Waals surface area contributed by atoms with E-state index >= 15 is 0 Å². The first-order chi connectivity index (χ1) is 14.6. The monoisotopic (exact) mass is 459 g/mol.